The highest BCUT2D eigenvalue weighted by Gasteiger charge is 2.18. The predicted octanol–water partition coefficient (Wildman–Crippen LogP) is 9.67. The molecule has 2 nitrogen and oxygen atoms in total. The van der Waals surface area contributed by atoms with E-state index in [1.54, 1.807) is 0 Å². The number of benzene rings is 2. The van der Waals surface area contributed by atoms with Crippen LogP contribution in [0.4, 0.5) is 0 Å². The van der Waals surface area contributed by atoms with Crippen molar-refractivity contribution in [2.45, 2.75) is 136 Å². The molecule has 0 aliphatic carbocycles. The van der Waals surface area contributed by atoms with Gasteiger partial charge in [-0.2, -0.15) is 0 Å². The third-order valence-corrected chi connectivity index (χ3v) is 9.66. The molecule has 0 saturated carbocycles. The van der Waals surface area contributed by atoms with Crippen LogP contribution in [0, 0.1) is 6.92 Å². The van der Waals surface area contributed by atoms with Crippen molar-refractivity contribution >= 4 is 24.6 Å². The first kappa shape index (κ1) is 31.6. The van der Waals surface area contributed by atoms with Crippen molar-refractivity contribution in [3.05, 3.63) is 59.7 Å². The van der Waals surface area contributed by atoms with E-state index in [2.05, 4.69) is 61.4 Å². The van der Waals surface area contributed by atoms with Crippen molar-refractivity contribution in [3.63, 3.8) is 0 Å². The Bertz CT molecular complexity index is 850. The molecule has 0 aliphatic heterocycles. The Morgan fingerprint density at radius 1 is 0.676 bits per heavy atom. The van der Waals surface area contributed by atoms with Gasteiger partial charge in [0.2, 0.25) is 5.91 Å². The second kappa shape index (κ2) is 20.3. The number of carbonyl (C=O) groups excluding carboxylic acids is 1. The lowest BCUT2D eigenvalue weighted by atomic mass is 10.0. The fourth-order valence-electron chi connectivity index (χ4n) is 5.05. The zero-order valence-corrected chi connectivity index (χ0v) is 25.1. The van der Waals surface area contributed by atoms with Crippen LogP contribution in [0.2, 0.25) is 0 Å². The lowest BCUT2D eigenvalue weighted by molar-refractivity contribution is -0.118. The van der Waals surface area contributed by atoms with E-state index in [1.165, 1.54) is 124 Å². The highest BCUT2D eigenvalue weighted by atomic mass is 31.1. The van der Waals surface area contributed by atoms with E-state index in [4.69, 9.17) is 0 Å². The fraction of sp³-hybridized carbons (Fsp3) is 0.618. The Balaban J connectivity index is 1.59. The first-order valence-corrected chi connectivity index (χ1v) is 16.7. The normalized spacial score (nSPS) is 12.0. The molecule has 0 bridgehead atoms. The smallest absolute Gasteiger partial charge is 0.223 e. The van der Waals surface area contributed by atoms with Crippen molar-refractivity contribution in [1.29, 1.82) is 0 Å². The SMILES string of the molecule is CCCCCCCCCCCCCCCCCCc1ccc(P(NC(=O)CC)c2ccccc2)c(C)c1. The molecule has 0 radical (unpaired) electrons. The molecule has 1 unspecified atom stereocenters. The lowest BCUT2D eigenvalue weighted by Crippen LogP contribution is -2.29. The molecule has 2 aromatic rings. The highest BCUT2D eigenvalue weighted by Crippen LogP contribution is 2.31. The van der Waals surface area contributed by atoms with E-state index in [0.717, 1.165) is 6.42 Å². The molecule has 37 heavy (non-hydrogen) atoms. The number of rotatable bonds is 21. The van der Waals surface area contributed by atoms with Gasteiger partial charge in [0.05, 0.1) is 8.07 Å². The minimum Gasteiger partial charge on any atom is -0.327 e. The molecular formula is C34H54NOP. The number of carbonyl (C=O) groups is 1. The molecule has 0 fully saturated rings. The predicted molar refractivity (Wildman–Crippen MR) is 165 cm³/mol. The van der Waals surface area contributed by atoms with Gasteiger partial charge in [0.15, 0.2) is 0 Å². The number of hydrogen-bond donors (Lipinski definition) is 1. The van der Waals surface area contributed by atoms with Gasteiger partial charge in [-0.3, -0.25) is 4.79 Å². The first-order valence-electron chi connectivity index (χ1n) is 15.4. The summed E-state index contributed by atoms with van der Waals surface area (Å²) in [7, 11) is -0.863. The zero-order valence-electron chi connectivity index (χ0n) is 24.2. The Hall–Kier alpha value is -1.66. The van der Waals surface area contributed by atoms with Gasteiger partial charge in [-0.1, -0.05) is 159 Å². The van der Waals surface area contributed by atoms with Crippen LogP contribution in [0.5, 0.6) is 0 Å². The van der Waals surface area contributed by atoms with Crippen LogP contribution in [0.1, 0.15) is 134 Å². The van der Waals surface area contributed by atoms with Gasteiger partial charge < -0.3 is 5.09 Å². The van der Waals surface area contributed by atoms with Gasteiger partial charge in [0.1, 0.15) is 0 Å². The minimum absolute atomic E-state index is 0.117. The summed E-state index contributed by atoms with van der Waals surface area (Å²) < 4.78 is 0. The Morgan fingerprint density at radius 2 is 1.19 bits per heavy atom. The molecule has 2 aromatic carbocycles. The summed E-state index contributed by atoms with van der Waals surface area (Å²) in [4.78, 5) is 12.2. The maximum absolute atomic E-state index is 12.2. The zero-order chi connectivity index (χ0) is 26.6. The molecule has 206 valence electrons. The number of aryl methyl sites for hydroxylation is 2. The maximum Gasteiger partial charge on any atom is 0.223 e. The third-order valence-electron chi connectivity index (χ3n) is 7.39. The number of unbranched alkanes of at least 4 members (excludes halogenated alkanes) is 15. The molecule has 0 saturated heterocycles. The summed E-state index contributed by atoms with van der Waals surface area (Å²) >= 11 is 0. The molecule has 0 spiro atoms. The van der Waals surface area contributed by atoms with Crippen LogP contribution in [-0.4, -0.2) is 5.91 Å². The third kappa shape index (κ3) is 13.6. The summed E-state index contributed by atoms with van der Waals surface area (Å²) in [6, 6.07) is 17.3. The summed E-state index contributed by atoms with van der Waals surface area (Å²) in [5.74, 6) is 0.117. The Morgan fingerprint density at radius 3 is 1.68 bits per heavy atom. The fourth-order valence-corrected chi connectivity index (χ4v) is 7.09. The minimum atomic E-state index is -0.863. The summed E-state index contributed by atoms with van der Waals surface area (Å²) in [6.45, 7) is 6.41. The highest BCUT2D eigenvalue weighted by molar-refractivity contribution is 7.71. The van der Waals surface area contributed by atoms with Crippen LogP contribution < -0.4 is 15.7 Å². The van der Waals surface area contributed by atoms with Crippen LogP contribution in [0.3, 0.4) is 0 Å². The van der Waals surface area contributed by atoms with Crippen LogP contribution >= 0.6 is 8.07 Å². The molecule has 3 heteroatoms. The van der Waals surface area contributed by atoms with Crippen molar-refractivity contribution in [2.24, 2.45) is 0 Å². The maximum atomic E-state index is 12.2. The van der Waals surface area contributed by atoms with Gasteiger partial charge in [-0.05, 0) is 30.9 Å². The molecule has 0 aliphatic rings. The van der Waals surface area contributed by atoms with Crippen LogP contribution in [0.15, 0.2) is 48.5 Å². The van der Waals surface area contributed by atoms with Crippen molar-refractivity contribution in [3.8, 4) is 0 Å². The average Bonchev–Trinajstić information content (AvgIpc) is 2.92. The monoisotopic (exact) mass is 523 g/mol. The van der Waals surface area contributed by atoms with E-state index in [0.29, 0.717) is 6.42 Å². The number of hydrogen-bond acceptors (Lipinski definition) is 1. The molecule has 0 aromatic heterocycles. The van der Waals surface area contributed by atoms with E-state index in [9.17, 15) is 4.79 Å². The number of nitrogens with one attached hydrogen (secondary N) is 1. The van der Waals surface area contributed by atoms with Crippen molar-refractivity contribution in [1.82, 2.24) is 5.09 Å². The van der Waals surface area contributed by atoms with Gasteiger partial charge in [-0.15, -0.1) is 0 Å². The number of amides is 1. The van der Waals surface area contributed by atoms with Crippen LogP contribution in [-0.2, 0) is 11.2 Å². The Kier molecular flexibility index (Phi) is 17.3. The second-order valence-electron chi connectivity index (χ2n) is 10.7. The van der Waals surface area contributed by atoms with Gasteiger partial charge in [-0.25, -0.2) is 0 Å². The second-order valence-corrected chi connectivity index (χ2v) is 12.6. The van der Waals surface area contributed by atoms with Gasteiger partial charge >= 0.3 is 0 Å². The molecule has 1 amide bonds. The molecule has 2 rings (SSSR count). The van der Waals surface area contributed by atoms with E-state index >= 15 is 0 Å². The molecule has 0 heterocycles. The van der Waals surface area contributed by atoms with E-state index in [-0.39, 0.29) is 5.91 Å². The lowest BCUT2D eigenvalue weighted by Gasteiger charge is -2.22. The average molecular weight is 524 g/mol. The Labute approximate surface area is 230 Å². The van der Waals surface area contributed by atoms with E-state index in [1.807, 2.05) is 13.0 Å². The van der Waals surface area contributed by atoms with E-state index < -0.39 is 8.07 Å². The summed E-state index contributed by atoms with van der Waals surface area (Å²) in [5.41, 5.74) is 2.72. The van der Waals surface area contributed by atoms with Gasteiger partial charge in [0.25, 0.3) is 0 Å². The van der Waals surface area contributed by atoms with Crippen molar-refractivity contribution < 1.29 is 4.79 Å². The summed E-state index contributed by atoms with van der Waals surface area (Å²) in [6.07, 6.45) is 24.2. The first-order chi connectivity index (χ1) is 18.2. The van der Waals surface area contributed by atoms with Crippen molar-refractivity contribution in [2.75, 3.05) is 0 Å². The molecule has 1 atom stereocenters. The summed E-state index contributed by atoms with van der Waals surface area (Å²) in [5, 5.41) is 5.75. The largest absolute Gasteiger partial charge is 0.327 e. The van der Waals surface area contributed by atoms with Gasteiger partial charge in [0, 0.05) is 17.0 Å². The standard InChI is InChI=1S/C34H54NOP/c1-4-6-7-8-9-10-11-12-13-14-15-16-17-18-19-21-24-31-27-28-33(30(3)29-31)37(35-34(36)5-2)32-25-22-20-23-26-32/h20,22-23,25-29H,4-19,21,24H2,1-3H3,(H,35,36). The quantitative estimate of drug-likeness (QED) is 0.128. The van der Waals surface area contributed by atoms with Crippen LogP contribution in [0.25, 0.3) is 0 Å². The topological polar surface area (TPSA) is 29.1 Å². The molecular weight excluding hydrogens is 469 g/mol. The molecule has 1 N–H and O–H groups in total.